The van der Waals surface area contributed by atoms with Crippen LogP contribution in [0, 0.1) is 40.5 Å². The van der Waals surface area contributed by atoms with Crippen molar-refractivity contribution in [1.29, 1.82) is 0 Å². The normalized spacial score (nSPS) is 15.2. The van der Waals surface area contributed by atoms with Gasteiger partial charge in [-0.05, 0) is 0 Å². The molecule has 4 aromatic rings. The van der Waals surface area contributed by atoms with Gasteiger partial charge < -0.3 is 47.4 Å². The molecule has 0 aromatic heterocycles. The number of benzene rings is 4. The summed E-state index contributed by atoms with van der Waals surface area (Å²) in [5, 5.41) is 48.7. The Kier molecular flexibility index (Phi) is 12.5. The number of nitro benzene ring substituents is 4. The maximum atomic E-state index is 12.2. The summed E-state index contributed by atoms with van der Waals surface area (Å²) >= 11 is 0. The number of fused-ring (bicyclic) bond motifs is 6. The van der Waals surface area contributed by atoms with Crippen LogP contribution in [0.15, 0.2) is 60.7 Å². The molecule has 6 rings (SSSR count). The smallest absolute Gasteiger partial charge is 0.318 e. The first-order valence-corrected chi connectivity index (χ1v) is 16.6. The Morgan fingerprint density at radius 1 is 0.321 bits per heavy atom. The summed E-state index contributed by atoms with van der Waals surface area (Å²) in [5.74, 6) is -2.77. The second kappa shape index (κ2) is 18.0. The van der Waals surface area contributed by atoms with Gasteiger partial charge in [0.05, 0.1) is 72.5 Å². The topological polar surface area (TPSA) is 265 Å². The van der Waals surface area contributed by atoms with E-state index >= 15 is 0 Å². The highest BCUT2D eigenvalue weighted by molar-refractivity contribution is 5.66. The predicted molar refractivity (Wildman–Crippen MR) is 187 cm³/mol. The van der Waals surface area contributed by atoms with Crippen LogP contribution in [-0.2, 0) is 18.9 Å². The van der Waals surface area contributed by atoms with Crippen molar-refractivity contribution in [3.63, 3.8) is 0 Å². The molecule has 0 amide bonds. The van der Waals surface area contributed by atoms with Gasteiger partial charge in [0, 0.05) is 48.5 Å². The summed E-state index contributed by atoms with van der Waals surface area (Å²) in [4.78, 5) is 45.1. The molecule has 22 heteroatoms. The van der Waals surface area contributed by atoms with Crippen molar-refractivity contribution >= 4 is 22.7 Å². The van der Waals surface area contributed by atoms with Crippen LogP contribution in [0.1, 0.15) is 0 Å². The maximum absolute atomic E-state index is 12.2. The van der Waals surface area contributed by atoms with E-state index in [0.29, 0.717) is 25.3 Å². The van der Waals surface area contributed by atoms with Crippen LogP contribution < -0.4 is 28.4 Å². The molecule has 0 saturated heterocycles. The summed E-state index contributed by atoms with van der Waals surface area (Å²) in [6.07, 6.45) is 0. The van der Waals surface area contributed by atoms with E-state index in [1.165, 1.54) is 36.4 Å². The van der Waals surface area contributed by atoms with E-state index in [4.69, 9.17) is 47.4 Å². The lowest BCUT2D eigenvalue weighted by Crippen LogP contribution is -2.14. The van der Waals surface area contributed by atoms with E-state index in [1.54, 1.807) is 0 Å². The summed E-state index contributed by atoms with van der Waals surface area (Å²) in [6.45, 7) is 1.67. The van der Waals surface area contributed by atoms with Crippen LogP contribution >= 0.6 is 0 Å². The van der Waals surface area contributed by atoms with Crippen molar-refractivity contribution in [1.82, 2.24) is 0 Å². The minimum Gasteiger partial charge on any atom is -0.491 e. The Morgan fingerprint density at radius 3 is 0.804 bits per heavy atom. The molecular formula is C34H30N4O18. The van der Waals surface area contributed by atoms with Gasteiger partial charge in [-0.25, -0.2) is 0 Å². The molecular weight excluding hydrogens is 752 g/mol. The summed E-state index contributed by atoms with van der Waals surface area (Å²) in [7, 11) is 0. The van der Waals surface area contributed by atoms with Crippen LogP contribution in [-0.4, -0.2) is 85.8 Å². The van der Waals surface area contributed by atoms with Gasteiger partial charge in [-0.1, -0.05) is 0 Å². The first-order valence-electron chi connectivity index (χ1n) is 16.6. The third-order valence-electron chi connectivity index (χ3n) is 7.60. The Morgan fingerprint density at radius 2 is 0.554 bits per heavy atom. The zero-order chi connectivity index (χ0) is 39.6. The molecule has 22 nitrogen and oxygen atoms in total. The fourth-order valence-electron chi connectivity index (χ4n) is 5.18. The highest BCUT2D eigenvalue weighted by atomic mass is 16.6. The Hall–Kier alpha value is -6.88. The number of rotatable bonds is 4. The molecule has 0 N–H and O–H groups in total. The van der Waals surface area contributed by atoms with Crippen molar-refractivity contribution in [3.05, 3.63) is 101 Å². The molecule has 0 spiro atoms. The van der Waals surface area contributed by atoms with Crippen molar-refractivity contribution in [2.24, 2.45) is 0 Å². The summed E-state index contributed by atoms with van der Waals surface area (Å²) in [6, 6.07) is 10.7. The lowest BCUT2D eigenvalue weighted by molar-refractivity contribution is -0.395. The fourth-order valence-corrected chi connectivity index (χ4v) is 5.18. The van der Waals surface area contributed by atoms with Crippen molar-refractivity contribution < 1.29 is 67.1 Å². The Bertz CT molecular complexity index is 1870. The van der Waals surface area contributed by atoms with Crippen LogP contribution in [0.4, 0.5) is 22.7 Å². The van der Waals surface area contributed by atoms with Gasteiger partial charge >= 0.3 is 22.7 Å². The zero-order valence-electron chi connectivity index (χ0n) is 29.0. The van der Waals surface area contributed by atoms with Crippen LogP contribution in [0.3, 0.4) is 0 Å². The summed E-state index contributed by atoms with van der Waals surface area (Å²) < 4.78 is 57.3. The second-order valence-electron chi connectivity index (χ2n) is 11.4. The molecule has 2 aliphatic heterocycles. The van der Waals surface area contributed by atoms with E-state index in [9.17, 15) is 40.5 Å². The van der Waals surface area contributed by atoms with Gasteiger partial charge in [0.15, 0.2) is 0 Å². The molecule has 0 radical (unpaired) electrons. The number of hydrogen-bond donors (Lipinski definition) is 0. The average Bonchev–Trinajstić information content (AvgIpc) is 3.13. The number of ether oxygens (including phenoxy) is 10. The predicted octanol–water partition coefficient (Wildman–Crippen LogP) is 6.64. The third kappa shape index (κ3) is 10.00. The largest absolute Gasteiger partial charge is 0.491 e. The van der Waals surface area contributed by atoms with Crippen LogP contribution in [0.25, 0.3) is 0 Å². The van der Waals surface area contributed by atoms with Gasteiger partial charge in [-0.2, -0.15) is 0 Å². The van der Waals surface area contributed by atoms with E-state index in [-0.39, 0.29) is 87.4 Å². The number of hydrogen-bond acceptors (Lipinski definition) is 18. The van der Waals surface area contributed by atoms with Crippen LogP contribution in [0.2, 0.25) is 0 Å². The van der Waals surface area contributed by atoms with Gasteiger partial charge in [0.2, 0.25) is 23.0 Å². The SMILES string of the molecule is O=[N+]([O-])c1cc([N+](=O)[O-])c2cc1Oc1cc3cc(c1)Oc1cc(c([N+](=O)[O-])cc1[N+](=O)[O-])Oc1cc(cc(c1)O2)OCCOCCOCCOCCOCCO3. The molecule has 0 atom stereocenters. The molecule has 0 fully saturated rings. The highest BCUT2D eigenvalue weighted by Gasteiger charge is 2.31. The van der Waals surface area contributed by atoms with E-state index in [1.807, 2.05) is 0 Å². The second-order valence-corrected chi connectivity index (χ2v) is 11.4. The molecule has 2 aliphatic rings. The average molecular weight is 783 g/mol. The minimum absolute atomic E-state index is 0.0292. The molecule has 0 aliphatic carbocycles. The number of nitro groups is 4. The monoisotopic (exact) mass is 782 g/mol. The van der Waals surface area contributed by atoms with Crippen molar-refractivity contribution in [3.8, 4) is 57.5 Å². The van der Waals surface area contributed by atoms with Crippen molar-refractivity contribution in [2.75, 3.05) is 66.1 Å². The molecule has 56 heavy (non-hydrogen) atoms. The van der Waals surface area contributed by atoms with E-state index < -0.39 is 65.4 Å². The lowest BCUT2D eigenvalue weighted by Gasteiger charge is -2.16. The van der Waals surface area contributed by atoms with E-state index in [0.717, 1.165) is 12.1 Å². The number of nitrogens with zero attached hydrogens (tertiary/aromatic N) is 4. The maximum Gasteiger partial charge on any atom is 0.318 e. The molecule has 294 valence electrons. The van der Waals surface area contributed by atoms with Gasteiger partial charge in [-0.15, -0.1) is 0 Å². The molecule has 10 bridgehead atoms. The third-order valence-corrected chi connectivity index (χ3v) is 7.60. The molecule has 0 saturated carbocycles. The molecule has 2 heterocycles. The highest BCUT2D eigenvalue weighted by Crippen LogP contribution is 2.47. The minimum atomic E-state index is -0.902. The van der Waals surface area contributed by atoms with Gasteiger partial charge in [0.1, 0.15) is 59.8 Å². The molecule has 0 unspecified atom stereocenters. The van der Waals surface area contributed by atoms with Crippen LogP contribution in [0.5, 0.6) is 57.5 Å². The standard InChI is InChI=1S/C34H30N4O18/c39-35(40)27-17-29(37(43)44)33-19-31(27)53-23-11-21-12-24(15-23)54-32-20-34(30(38(45)46)18-28(32)36(41)42)56-26-14-22(13-25(16-26)55-33)52-10-8-50-6-4-48-2-1-47-3-5-49-7-9-51-21/h11-20H,1-10H2. The first-order chi connectivity index (χ1) is 27.0. The lowest BCUT2D eigenvalue weighted by atomic mass is 10.2. The first kappa shape index (κ1) is 38.8. The Labute approximate surface area is 314 Å². The zero-order valence-corrected chi connectivity index (χ0v) is 29.0. The van der Waals surface area contributed by atoms with E-state index in [2.05, 4.69) is 0 Å². The van der Waals surface area contributed by atoms with Gasteiger partial charge in [-0.3, -0.25) is 40.5 Å². The fraction of sp³-hybridized carbons (Fsp3) is 0.294. The van der Waals surface area contributed by atoms with Gasteiger partial charge in [0.25, 0.3) is 0 Å². The Balaban J connectivity index is 1.53. The summed E-state index contributed by atoms with van der Waals surface area (Å²) in [5.41, 5.74) is -3.28. The van der Waals surface area contributed by atoms with Crippen molar-refractivity contribution in [2.45, 2.75) is 0 Å². The quantitative estimate of drug-likeness (QED) is 0.136. The molecule has 4 aromatic carbocycles.